The van der Waals surface area contributed by atoms with Gasteiger partial charge in [0.1, 0.15) is 0 Å². The highest BCUT2D eigenvalue weighted by Crippen LogP contribution is 2.29. The quantitative estimate of drug-likeness (QED) is 0.908. The number of amides is 1. The lowest BCUT2D eigenvalue weighted by atomic mass is 10.1. The third-order valence-electron chi connectivity index (χ3n) is 3.56. The van der Waals surface area contributed by atoms with Gasteiger partial charge in [0.2, 0.25) is 0 Å². The maximum absolute atomic E-state index is 12.5. The van der Waals surface area contributed by atoms with Crippen molar-refractivity contribution in [3.63, 3.8) is 0 Å². The van der Waals surface area contributed by atoms with Crippen LogP contribution in [0.4, 0.5) is 0 Å². The van der Waals surface area contributed by atoms with Crippen LogP contribution in [0.2, 0.25) is 5.02 Å². The Morgan fingerprint density at radius 3 is 2.60 bits per heavy atom. The van der Waals surface area contributed by atoms with Crippen LogP contribution in [0.15, 0.2) is 18.2 Å². The van der Waals surface area contributed by atoms with Gasteiger partial charge in [-0.3, -0.25) is 9.59 Å². The average Bonchev–Trinajstić information content (AvgIpc) is 3.22. The average molecular weight is 296 g/mol. The molecule has 20 heavy (non-hydrogen) atoms. The molecule has 1 fully saturated rings. The van der Waals surface area contributed by atoms with Gasteiger partial charge in [-0.15, -0.1) is 0 Å². The lowest BCUT2D eigenvalue weighted by Gasteiger charge is -2.24. The number of aryl methyl sites for hydroxylation is 1. The van der Waals surface area contributed by atoms with Gasteiger partial charge in [-0.25, -0.2) is 0 Å². The molecule has 0 aliphatic heterocycles. The minimum atomic E-state index is -0.884. The van der Waals surface area contributed by atoms with Crippen molar-refractivity contribution in [1.82, 2.24) is 4.90 Å². The van der Waals surface area contributed by atoms with E-state index in [0.29, 0.717) is 10.6 Å². The minimum Gasteiger partial charge on any atom is -0.481 e. The standard InChI is InChI=1S/C15H18ClNO3/c1-9-3-4-11(7-13(9)16)14(18)17(12-5-6-12)8-10(2)15(19)20/h3-4,7,10,12H,5-6,8H2,1-2H3,(H,19,20)/t10-/m1/s1. The van der Waals surface area contributed by atoms with Crippen LogP contribution in [-0.2, 0) is 4.79 Å². The lowest BCUT2D eigenvalue weighted by molar-refractivity contribution is -0.141. The molecule has 0 spiro atoms. The molecule has 1 aliphatic carbocycles. The Labute approximate surface area is 123 Å². The zero-order valence-corrected chi connectivity index (χ0v) is 12.4. The molecule has 1 N–H and O–H groups in total. The summed E-state index contributed by atoms with van der Waals surface area (Å²) in [4.78, 5) is 25.2. The molecule has 0 saturated heterocycles. The van der Waals surface area contributed by atoms with E-state index in [1.165, 1.54) is 0 Å². The molecule has 2 rings (SSSR count). The van der Waals surface area contributed by atoms with E-state index in [2.05, 4.69) is 0 Å². The number of rotatable bonds is 5. The number of carboxylic acids is 1. The molecule has 1 aromatic carbocycles. The topological polar surface area (TPSA) is 57.6 Å². The minimum absolute atomic E-state index is 0.137. The Morgan fingerprint density at radius 1 is 1.45 bits per heavy atom. The Hall–Kier alpha value is -1.55. The summed E-state index contributed by atoms with van der Waals surface area (Å²) in [5, 5.41) is 9.56. The maximum Gasteiger partial charge on any atom is 0.308 e. The van der Waals surface area contributed by atoms with Gasteiger partial charge in [0.15, 0.2) is 0 Å². The number of carbonyl (C=O) groups excluding carboxylic acids is 1. The van der Waals surface area contributed by atoms with Gasteiger partial charge < -0.3 is 10.0 Å². The summed E-state index contributed by atoms with van der Waals surface area (Å²) in [6, 6.07) is 5.37. The van der Waals surface area contributed by atoms with Gasteiger partial charge in [-0.2, -0.15) is 0 Å². The summed E-state index contributed by atoms with van der Waals surface area (Å²) < 4.78 is 0. The highest BCUT2D eigenvalue weighted by atomic mass is 35.5. The largest absolute Gasteiger partial charge is 0.481 e. The van der Waals surface area contributed by atoms with Crippen molar-refractivity contribution in [3.8, 4) is 0 Å². The number of halogens is 1. The third-order valence-corrected chi connectivity index (χ3v) is 3.97. The van der Waals surface area contributed by atoms with Crippen LogP contribution >= 0.6 is 11.6 Å². The van der Waals surface area contributed by atoms with Gasteiger partial charge in [-0.05, 0) is 37.5 Å². The molecule has 0 aromatic heterocycles. The normalized spacial score (nSPS) is 15.8. The molecule has 0 unspecified atom stereocenters. The Kier molecular flexibility index (Phi) is 4.33. The molecule has 0 heterocycles. The summed E-state index contributed by atoms with van der Waals surface area (Å²) in [7, 11) is 0. The van der Waals surface area contributed by atoms with Crippen LogP contribution in [-0.4, -0.2) is 34.5 Å². The van der Waals surface area contributed by atoms with E-state index in [1.54, 1.807) is 30.0 Å². The molecular weight excluding hydrogens is 278 g/mol. The van der Waals surface area contributed by atoms with Gasteiger partial charge in [0.05, 0.1) is 5.92 Å². The fourth-order valence-corrected chi connectivity index (χ4v) is 2.23. The molecule has 5 heteroatoms. The number of aliphatic carboxylic acids is 1. The van der Waals surface area contributed by atoms with Gasteiger partial charge in [0.25, 0.3) is 5.91 Å². The predicted molar refractivity (Wildman–Crippen MR) is 77.0 cm³/mol. The molecule has 1 atom stereocenters. The number of benzene rings is 1. The first-order valence-corrected chi connectivity index (χ1v) is 7.08. The van der Waals surface area contributed by atoms with Crippen LogP contribution < -0.4 is 0 Å². The second kappa shape index (κ2) is 5.83. The van der Waals surface area contributed by atoms with Crippen molar-refractivity contribution < 1.29 is 14.7 Å². The number of hydrogen-bond acceptors (Lipinski definition) is 2. The summed E-state index contributed by atoms with van der Waals surface area (Å²) >= 11 is 6.05. The van der Waals surface area contributed by atoms with E-state index in [4.69, 9.17) is 16.7 Å². The van der Waals surface area contributed by atoms with Crippen molar-refractivity contribution in [2.24, 2.45) is 5.92 Å². The van der Waals surface area contributed by atoms with E-state index in [-0.39, 0.29) is 18.5 Å². The summed E-state index contributed by atoms with van der Waals surface area (Å²) in [6.45, 7) is 3.74. The van der Waals surface area contributed by atoms with Crippen LogP contribution in [0.5, 0.6) is 0 Å². The fraction of sp³-hybridized carbons (Fsp3) is 0.467. The van der Waals surface area contributed by atoms with Gasteiger partial charge in [-0.1, -0.05) is 24.6 Å². The fourth-order valence-electron chi connectivity index (χ4n) is 2.05. The van der Waals surface area contributed by atoms with Crippen molar-refractivity contribution in [2.45, 2.75) is 32.7 Å². The second-order valence-electron chi connectivity index (χ2n) is 5.39. The Balaban J connectivity index is 2.18. The van der Waals surface area contributed by atoms with Crippen LogP contribution in [0.25, 0.3) is 0 Å². The Bertz CT molecular complexity index is 540. The van der Waals surface area contributed by atoms with Crippen LogP contribution in [0.3, 0.4) is 0 Å². The van der Waals surface area contributed by atoms with Crippen LogP contribution in [0, 0.1) is 12.8 Å². The highest BCUT2D eigenvalue weighted by Gasteiger charge is 2.34. The monoisotopic (exact) mass is 295 g/mol. The van der Waals surface area contributed by atoms with Crippen molar-refractivity contribution in [1.29, 1.82) is 0 Å². The number of hydrogen-bond donors (Lipinski definition) is 1. The number of carbonyl (C=O) groups is 2. The SMILES string of the molecule is Cc1ccc(C(=O)N(C[C@@H](C)C(=O)O)C2CC2)cc1Cl. The predicted octanol–water partition coefficient (Wildman–Crippen LogP) is 2.97. The zero-order valence-electron chi connectivity index (χ0n) is 11.6. The smallest absolute Gasteiger partial charge is 0.308 e. The first-order valence-electron chi connectivity index (χ1n) is 6.70. The number of carboxylic acid groups (broad SMARTS) is 1. The molecule has 4 nitrogen and oxygen atoms in total. The van der Waals surface area contributed by atoms with Crippen molar-refractivity contribution >= 4 is 23.5 Å². The molecule has 108 valence electrons. The van der Waals surface area contributed by atoms with E-state index in [0.717, 1.165) is 18.4 Å². The molecule has 1 aromatic rings. The molecule has 0 radical (unpaired) electrons. The summed E-state index contributed by atoms with van der Waals surface area (Å²) in [5.74, 6) is -1.59. The molecular formula is C15H18ClNO3. The number of nitrogens with zero attached hydrogens (tertiary/aromatic N) is 1. The third kappa shape index (κ3) is 3.31. The molecule has 1 amide bonds. The first-order chi connectivity index (χ1) is 9.40. The summed E-state index contributed by atoms with van der Waals surface area (Å²) in [5.41, 5.74) is 1.44. The zero-order chi connectivity index (χ0) is 14.9. The van der Waals surface area contributed by atoms with E-state index in [9.17, 15) is 9.59 Å². The van der Waals surface area contributed by atoms with E-state index >= 15 is 0 Å². The first kappa shape index (κ1) is 14.9. The van der Waals surface area contributed by atoms with Gasteiger partial charge >= 0.3 is 5.97 Å². The molecule has 1 saturated carbocycles. The molecule has 0 bridgehead atoms. The molecule has 1 aliphatic rings. The van der Waals surface area contributed by atoms with E-state index in [1.807, 2.05) is 6.92 Å². The van der Waals surface area contributed by atoms with Crippen molar-refractivity contribution in [2.75, 3.05) is 6.54 Å². The van der Waals surface area contributed by atoms with Crippen molar-refractivity contribution in [3.05, 3.63) is 34.3 Å². The summed E-state index contributed by atoms with van der Waals surface area (Å²) in [6.07, 6.45) is 1.88. The maximum atomic E-state index is 12.5. The van der Waals surface area contributed by atoms with Crippen LogP contribution in [0.1, 0.15) is 35.7 Å². The lowest BCUT2D eigenvalue weighted by Crippen LogP contribution is -2.38. The Morgan fingerprint density at radius 2 is 2.10 bits per heavy atom. The van der Waals surface area contributed by atoms with E-state index < -0.39 is 11.9 Å². The highest BCUT2D eigenvalue weighted by molar-refractivity contribution is 6.31. The van der Waals surface area contributed by atoms with Gasteiger partial charge in [0, 0.05) is 23.2 Å². The second-order valence-corrected chi connectivity index (χ2v) is 5.80.